The summed E-state index contributed by atoms with van der Waals surface area (Å²) in [7, 11) is 0. The molecule has 4 aliphatic carbocycles. The molecule has 4 saturated carbocycles. The molecule has 3 nitrogen and oxygen atoms in total. The number of alkyl halides is 3. The maximum atomic E-state index is 12.7. The van der Waals surface area contributed by atoms with E-state index >= 15 is 0 Å². The molecule has 30 heavy (non-hydrogen) atoms. The fourth-order valence-electron chi connectivity index (χ4n) is 8.14. The van der Waals surface area contributed by atoms with Crippen molar-refractivity contribution in [3.63, 3.8) is 0 Å². The molecule has 4 aliphatic rings. The lowest BCUT2D eigenvalue weighted by Gasteiger charge is -2.65. The second kappa shape index (κ2) is 8.42. The van der Waals surface area contributed by atoms with Gasteiger partial charge in [-0.2, -0.15) is 0 Å². The molecule has 0 aromatic heterocycles. The topological polar surface area (TPSA) is 43.4 Å². The van der Waals surface area contributed by atoms with Gasteiger partial charge >= 0.3 is 5.97 Å². The van der Waals surface area contributed by atoms with E-state index < -0.39 is 0 Å². The molecule has 0 aromatic rings. The summed E-state index contributed by atoms with van der Waals surface area (Å²) in [5.74, 6) is 2.54. The second-order valence-electron chi connectivity index (χ2n) is 10.8. The maximum absolute atomic E-state index is 12.7. The number of hydrogen-bond donors (Lipinski definition) is 0. The van der Waals surface area contributed by atoms with E-state index in [1.807, 2.05) is 6.92 Å². The van der Waals surface area contributed by atoms with E-state index in [9.17, 15) is 9.59 Å². The summed E-state index contributed by atoms with van der Waals surface area (Å²) in [6.45, 7) is 6.77. The van der Waals surface area contributed by atoms with Gasteiger partial charge in [0.1, 0.15) is 11.9 Å². The first-order valence-corrected chi connectivity index (χ1v) is 14.5. The molecule has 0 aromatic carbocycles. The van der Waals surface area contributed by atoms with Gasteiger partial charge in [0.15, 0.2) is 0 Å². The number of ketones is 1. The SMILES string of the molecule is CCC(=O)O[C@@H]1CC[C@]2(C)[C@H]3CC[C@]4(C)[C@@H](C(=O)CBr)CC[C@H]4[C@@H]3CC(Br)C2(Br)C1. The van der Waals surface area contributed by atoms with E-state index in [0.29, 0.717) is 40.1 Å². The van der Waals surface area contributed by atoms with Gasteiger partial charge in [-0.25, -0.2) is 0 Å². The van der Waals surface area contributed by atoms with Crippen LogP contribution in [0.15, 0.2) is 0 Å². The van der Waals surface area contributed by atoms with E-state index in [0.717, 1.165) is 32.1 Å². The van der Waals surface area contributed by atoms with Crippen molar-refractivity contribution in [1.82, 2.24) is 0 Å². The minimum absolute atomic E-state index is 0.0165. The molecule has 0 N–H and O–H groups in total. The molecule has 0 saturated heterocycles. The number of ether oxygens (including phenoxy) is 1. The fourth-order valence-corrected chi connectivity index (χ4v) is 10.7. The lowest BCUT2D eigenvalue weighted by atomic mass is 9.44. The first-order chi connectivity index (χ1) is 14.1. The van der Waals surface area contributed by atoms with Gasteiger partial charge in [0.2, 0.25) is 0 Å². The largest absolute Gasteiger partial charge is 0.462 e. The van der Waals surface area contributed by atoms with Crippen molar-refractivity contribution in [2.24, 2.45) is 34.5 Å². The van der Waals surface area contributed by atoms with Gasteiger partial charge in [0.25, 0.3) is 0 Å². The summed E-state index contributed by atoms with van der Waals surface area (Å²) >= 11 is 11.8. The number of fused-ring (bicyclic) bond motifs is 5. The highest BCUT2D eigenvalue weighted by Crippen LogP contribution is 2.71. The molecule has 0 aliphatic heterocycles. The summed E-state index contributed by atoms with van der Waals surface area (Å²) < 4.78 is 5.74. The van der Waals surface area contributed by atoms with Crippen LogP contribution in [-0.4, -0.2) is 32.3 Å². The lowest BCUT2D eigenvalue weighted by Crippen LogP contribution is -2.64. The Bertz CT molecular complexity index is 714. The third-order valence-electron chi connectivity index (χ3n) is 9.80. The van der Waals surface area contributed by atoms with Crippen molar-refractivity contribution in [1.29, 1.82) is 0 Å². The number of esters is 1. The summed E-state index contributed by atoms with van der Waals surface area (Å²) in [4.78, 5) is 25.0. The lowest BCUT2D eigenvalue weighted by molar-refractivity contribution is -0.158. The van der Waals surface area contributed by atoms with Crippen molar-refractivity contribution in [3.05, 3.63) is 0 Å². The molecule has 0 radical (unpaired) electrons. The minimum Gasteiger partial charge on any atom is -0.462 e. The van der Waals surface area contributed by atoms with Crippen LogP contribution in [0.3, 0.4) is 0 Å². The Balaban J connectivity index is 1.60. The Hall–Kier alpha value is 0.580. The number of carbonyl (C=O) groups excluding carboxylic acids is 2. The zero-order valence-corrected chi connectivity index (χ0v) is 23.2. The van der Waals surface area contributed by atoms with Gasteiger partial charge in [-0.05, 0) is 73.5 Å². The Morgan fingerprint density at radius 2 is 1.80 bits per heavy atom. The fraction of sp³-hybridized carbons (Fsp3) is 0.917. The number of hydrogen-bond acceptors (Lipinski definition) is 3. The molecule has 0 heterocycles. The van der Waals surface area contributed by atoms with Crippen LogP contribution >= 0.6 is 47.8 Å². The van der Waals surface area contributed by atoms with Crippen LogP contribution in [0.5, 0.6) is 0 Å². The number of halogens is 3. The highest BCUT2D eigenvalue weighted by molar-refractivity contribution is 9.12. The second-order valence-corrected chi connectivity index (χ2v) is 13.9. The van der Waals surface area contributed by atoms with Gasteiger partial charge < -0.3 is 4.74 Å². The molecule has 4 rings (SSSR count). The molecule has 9 atom stereocenters. The van der Waals surface area contributed by atoms with Crippen LogP contribution in [0.4, 0.5) is 0 Å². The number of rotatable bonds is 4. The maximum Gasteiger partial charge on any atom is 0.305 e. The van der Waals surface area contributed by atoms with Crippen LogP contribution in [0.2, 0.25) is 0 Å². The molecule has 0 spiro atoms. The van der Waals surface area contributed by atoms with E-state index in [4.69, 9.17) is 4.74 Å². The standard InChI is InChI=1S/C24H35Br3O3/c1-4-21(29)30-14-7-10-23(3)17-8-9-22(2)16(5-6-18(22)19(28)13-25)15(17)11-20(26)24(23,27)12-14/h14-18,20H,4-13H2,1-3H3/t14-,15+,16+,17+,18-,20?,22+,23-,24?/m1/s1. The van der Waals surface area contributed by atoms with Crippen LogP contribution in [0.1, 0.15) is 78.6 Å². The number of Topliss-reactive ketones (excluding diaryl/α,β-unsaturated/α-hetero) is 1. The van der Waals surface area contributed by atoms with Gasteiger partial charge in [0, 0.05) is 27.9 Å². The summed E-state index contributed by atoms with van der Waals surface area (Å²) in [6.07, 6.45) is 9.20. The zero-order chi connectivity index (χ0) is 21.9. The van der Waals surface area contributed by atoms with Gasteiger partial charge in [-0.3, -0.25) is 9.59 Å². The van der Waals surface area contributed by atoms with Crippen molar-refractivity contribution in [2.75, 3.05) is 5.33 Å². The number of carbonyl (C=O) groups is 2. The zero-order valence-electron chi connectivity index (χ0n) is 18.4. The summed E-state index contributed by atoms with van der Waals surface area (Å²) in [5, 5.41) is 0.495. The quantitative estimate of drug-likeness (QED) is 0.259. The van der Waals surface area contributed by atoms with E-state index in [2.05, 4.69) is 61.6 Å². The first-order valence-electron chi connectivity index (χ1n) is 11.7. The molecular weight excluding hydrogens is 576 g/mol. The van der Waals surface area contributed by atoms with Crippen LogP contribution < -0.4 is 0 Å². The van der Waals surface area contributed by atoms with E-state index in [1.165, 1.54) is 19.3 Å². The smallest absolute Gasteiger partial charge is 0.305 e. The van der Waals surface area contributed by atoms with Crippen molar-refractivity contribution < 1.29 is 14.3 Å². The van der Waals surface area contributed by atoms with Gasteiger partial charge in [-0.15, -0.1) is 0 Å². The van der Waals surface area contributed by atoms with E-state index in [1.54, 1.807) is 0 Å². The molecule has 4 fully saturated rings. The van der Waals surface area contributed by atoms with Gasteiger partial charge in [-0.1, -0.05) is 68.6 Å². The minimum atomic E-state index is -0.0820. The van der Waals surface area contributed by atoms with E-state index in [-0.39, 0.29) is 33.1 Å². The Morgan fingerprint density at radius 1 is 1.07 bits per heavy atom. The van der Waals surface area contributed by atoms with Crippen molar-refractivity contribution in [3.8, 4) is 0 Å². The average molecular weight is 611 g/mol. The Labute approximate surface area is 206 Å². The Morgan fingerprint density at radius 3 is 2.47 bits per heavy atom. The monoisotopic (exact) mass is 608 g/mol. The third-order valence-corrected chi connectivity index (χ3v) is 13.9. The third kappa shape index (κ3) is 3.43. The van der Waals surface area contributed by atoms with Crippen LogP contribution in [-0.2, 0) is 14.3 Å². The van der Waals surface area contributed by atoms with Crippen molar-refractivity contribution >= 4 is 59.5 Å². The molecular formula is C24H35Br3O3. The van der Waals surface area contributed by atoms with Gasteiger partial charge in [0.05, 0.1) is 5.33 Å². The van der Waals surface area contributed by atoms with Crippen molar-refractivity contribution in [2.45, 2.75) is 93.8 Å². The molecule has 6 heteroatoms. The molecule has 0 amide bonds. The predicted molar refractivity (Wildman–Crippen MR) is 130 cm³/mol. The summed E-state index contributed by atoms with van der Waals surface area (Å²) in [6, 6.07) is 0. The molecule has 2 unspecified atom stereocenters. The summed E-state index contributed by atoms with van der Waals surface area (Å²) in [5.41, 5.74) is 0.341. The Kier molecular flexibility index (Phi) is 6.66. The molecule has 170 valence electrons. The molecule has 0 bridgehead atoms. The normalized spacial score (nSPS) is 50.2. The van der Waals surface area contributed by atoms with Crippen LogP contribution in [0, 0.1) is 34.5 Å². The highest BCUT2D eigenvalue weighted by Gasteiger charge is 2.67. The average Bonchev–Trinajstić information content (AvgIpc) is 3.07. The highest BCUT2D eigenvalue weighted by atomic mass is 79.9. The van der Waals surface area contributed by atoms with Crippen LogP contribution in [0.25, 0.3) is 0 Å². The first kappa shape index (κ1) is 23.7. The predicted octanol–water partition coefficient (Wildman–Crippen LogP) is 6.82.